The lowest BCUT2D eigenvalue weighted by Gasteiger charge is -2.35. The first kappa shape index (κ1) is 7.14. The van der Waals surface area contributed by atoms with Crippen LogP contribution in [0.4, 0.5) is 0 Å². The highest BCUT2D eigenvalue weighted by Gasteiger charge is 2.30. The molecular formula is C9H15NO. The molecule has 0 spiro atoms. The van der Waals surface area contributed by atoms with Crippen LogP contribution in [-0.2, 0) is 4.79 Å². The van der Waals surface area contributed by atoms with Gasteiger partial charge in [0.1, 0.15) is 0 Å². The molecule has 11 heavy (non-hydrogen) atoms. The predicted octanol–water partition coefficient (Wildman–Crippen LogP) is 1.31. The first-order chi connectivity index (χ1) is 5.36. The zero-order chi connectivity index (χ0) is 7.68. The first-order valence-corrected chi connectivity index (χ1v) is 4.63. The van der Waals surface area contributed by atoms with Gasteiger partial charge in [0.15, 0.2) is 0 Å². The summed E-state index contributed by atoms with van der Waals surface area (Å²) in [6.07, 6.45) is 6.15. The summed E-state index contributed by atoms with van der Waals surface area (Å²) in [5.41, 5.74) is 0. The molecule has 0 radical (unpaired) electrons. The number of nitrogens with one attached hydrogen (secondary N) is 1. The van der Waals surface area contributed by atoms with E-state index < -0.39 is 0 Å². The molecule has 1 unspecified atom stereocenters. The fourth-order valence-corrected chi connectivity index (χ4v) is 2.12. The van der Waals surface area contributed by atoms with E-state index >= 15 is 0 Å². The van der Waals surface area contributed by atoms with Gasteiger partial charge in [-0.25, -0.2) is 0 Å². The molecule has 0 aromatic carbocycles. The second kappa shape index (κ2) is 2.84. The monoisotopic (exact) mass is 153 g/mol. The van der Waals surface area contributed by atoms with Crippen molar-refractivity contribution in [3.8, 4) is 0 Å². The van der Waals surface area contributed by atoms with Crippen LogP contribution in [0.3, 0.4) is 0 Å². The van der Waals surface area contributed by atoms with E-state index in [0.29, 0.717) is 0 Å². The minimum Gasteiger partial charge on any atom is -0.356 e. The van der Waals surface area contributed by atoms with Crippen molar-refractivity contribution in [2.75, 3.05) is 6.54 Å². The van der Waals surface area contributed by atoms with Crippen molar-refractivity contribution < 1.29 is 4.79 Å². The highest BCUT2D eigenvalue weighted by molar-refractivity contribution is 5.76. The van der Waals surface area contributed by atoms with Crippen LogP contribution < -0.4 is 5.32 Å². The highest BCUT2D eigenvalue weighted by Crippen LogP contribution is 2.37. The van der Waals surface area contributed by atoms with Crippen LogP contribution in [0, 0.1) is 11.8 Å². The number of hydrogen-bond donors (Lipinski definition) is 1. The summed E-state index contributed by atoms with van der Waals surface area (Å²) in [7, 11) is 0. The number of rotatable bonds is 1. The van der Waals surface area contributed by atoms with Crippen molar-refractivity contribution in [2.45, 2.75) is 32.1 Å². The second-order valence-corrected chi connectivity index (χ2v) is 3.79. The van der Waals surface area contributed by atoms with Crippen molar-refractivity contribution in [2.24, 2.45) is 11.8 Å². The minimum atomic E-state index is 0.271. The topological polar surface area (TPSA) is 29.1 Å². The molecular weight excluding hydrogens is 138 g/mol. The Morgan fingerprint density at radius 2 is 2.00 bits per heavy atom. The molecule has 1 aliphatic carbocycles. The van der Waals surface area contributed by atoms with Gasteiger partial charge in [-0.2, -0.15) is 0 Å². The lowest BCUT2D eigenvalue weighted by molar-refractivity contribution is -0.124. The van der Waals surface area contributed by atoms with E-state index in [1.54, 1.807) is 0 Å². The molecule has 1 heterocycles. The lowest BCUT2D eigenvalue weighted by Crippen LogP contribution is -2.38. The molecule has 0 aromatic rings. The Kier molecular flexibility index (Phi) is 1.84. The number of amides is 1. The molecule has 1 aliphatic heterocycles. The standard InChI is InChI=1S/C9H15NO/c11-9-6-8(4-5-10-9)7-2-1-3-7/h7-8H,1-6H2,(H,10,11). The third kappa shape index (κ3) is 1.39. The largest absolute Gasteiger partial charge is 0.356 e. The smallest absolute Gasteiger partial charge is 0.220 e. The molecule has 1 saturated heterocycles. The van der Waals surface area contributed by atoms with E-state index in [0.717, 1.165) is 24.8 Å². The Labute approximate surface area is 67.4 Å². The second-order valence-electron chi connectivity index (χ2n) is 3.79. The Morgan fingerprint density at radius 3 is 2.55 bits per heavy atom. The first-order valence-electron chi connectivity index (χ1n) is 4.63. The molecule has 2 aliphatic rings. The van der Waals surface area contributed by atoms with Gasteiger partial charge in [0, 0.05) is 13.0 Å². The van der Waals surface area contributed by atoms with Crippen LogP contribution in [0.5, 0.6) is 0 Å². The van der Waals surface area contributed by atoms with Gasteiger partial charge in [0.25, 0.3) is 0 Å². The zero-order valence-corrected chi connectivity index (χ0v) is 6.81. The maximum atomic E-state index is 11.0. The highest BCUT2D eigenvalue weighted by atomic mass is 16.1. The zero-order valence-electron chi connectivity index (χ0n) is 6.81. The predicted molar refractivity (Wildman–Crippen MR) is 43.1 cm³/mol. The van der Waals surface area contributed by atoms with Crippen LogP contribution >= 0.6 is 0 Å². The van der Waals surface area contributed by atoms with E-state index in [4.69, 9.17) is 0 Å². The van der Waals surface area contributed by atoms with Crippen LogP contribution in [-0.4, -0.2) is 12.5 Å². The number of carbonyl (C=O) groups excluding carboxylic acids is 1. The summed E-state index contributed by atoms with van der Waals surface area (Å²) in [5, 5.41) is 2.88. The third-order valence-corrected chi connectivity index (χ3v) is 3.10. The fourth-order valence-electron chi connectivity index (χ4n) is 2.12. The molecule has 1 amide bonds. The van der Waals surface area contributed by atoms with Crippen molar-refractivity contribution >= 4 is 5.91 Å². The number of hydrogen-bond acceptors (Lipinski definition) is 1. The molecule has 2 fully saturated rings. The summed E-state index contributed by atoms with van der Waals surface area (Å²) in [5.74, 6) is 1.88. The van der Waals surface area contributed by atoms with Crippen molar-refractivity contribution in [1.29, 1.82) is 0 Å². The molecule has 1 atom stereocenters. The summed E-state index contributed by atoms with van der Waals surface area (Å²) >= 11 is 0. The van der Waals surface area contributed by atoms with Gasteiger partial charge in [0.2, 0.25) is 5.91 Å². The van der Waals surface area contributed by atoms with Gasteiger partial charge < -0.3 is 5.32 Å². The maximum absolute atomic E-state index is 11.0. The van der Waals surface area contributed by atoms with E-state index in [1.165, 1.54) is 25.7 Å². The third-order valence-electron chi connectivity index (χ3n) is 3.10. The molecule has 1 N–H and O–H groups in total. The van der Waals surface area contributed by atoms with Crippen LogP contribution in [0.25, 0.3) is 0 Å². The van der Waals surface area contributed by atoms with Crippen molar-refractivity contribution in [3.05, 3.63) is 0 Å². The normalized spacial score (nSPS) is 32.7. The van der Waals surface area contributed by atoms with E-state index in [9.17, 15) is 4.79 Å². The summed E-state index contributed by atoms with van der Waals surface area (Å²) in [4.78, 5) is 11.0. The quantitative estimate of drug-likeness (QED) is 0.604. The minimum absolute atomic E-state index is 0.271. The molecule has 62 valence electrons. The van der Waals surface area contributed by atoms with Crippen LogP contribution in [0.15, 0.2) is 0 Å². The number of carbonyl (C=O) groups is 1. The summed E-state index contributed by atoms with van der Waals surface area (Å²) in [6, 6.07) is 0. The van der Waals surface area contributed by atoms with E-state index in [1.807, 2.05) is 0 Å². The SMILES string of the molecule is O=C1CC(C2CCC2)CCN1. The Balaban J connectivity index is 1.87. The van der Waals surface area contributed by atoms with Crippen LogP contribution in [0.2, 0.25) is 0 Å². The fraction of sp³-hybridized carbons (Fsp3) is 0.889. The maximum Gasteiger partial charge on any atom is 0.220 e. The average Bonchev–Trinajstić information content (AvgIpc) is 1.83. The van der Waals surface area contributed by atoms with Gasteiger partial charge in [-0.15, -0.1) is 0 Å². The molecule has 2 heteroatoms. The molecule has 0 bridgehead atoms. The Bertz CT molecular complexity index is 163. The van der Waals surface area contributed by atoms with Crippen molar-refractivity contribution in [1.82, 2.24) is 5.32 Å². The van der Waals surface area contributed by atoms with Gasteiger partial charge in [-0.1, -0.05) is 19.3 Å². The lowest BCUT2D eigenvalue weighted by atomic mass is 9.72. The molecule has 2 nitrogen and oxygen atoms in total. The van der Waals surface area contributed by atoms with Crippen LogP contribution in [0.1, 0.15) is 32.1 Å². The van der Waals surface area contributed by atoms with Gasteiger partial charge in [-0.3, -0.25) is 4.79 Å². The summed E-state index contributed by atoms with van der Waals surface area (Å²) in [6.45, 7) is 0.917. The molecule has 0 aromatic heterocycles. The Hall–Kier alpha value is -0.530. The van der Waals surface area contributed by atoms with Gasteiger partial charge in [-0.05, 0) is 18.3 Å². The molecule has 2 rings (SSSR count). The van der Waals surface area contributed by atoms with Gasteiger partial charge in [0.05, 0.1) is 0 Å². The number of piperidine rings is 1. The Morgan fingerprint density at radius 1 is 1.18 bits per heavy atom. The van der Waals surface area contributed by atoms with Gasteiger partial charge >= 0.3 is 0 Å². The average molecular weight is 153 g/mol. The van der Waals surface area contributed by atoms with Crippen molar-refractivity contribution in [3.63, 3.8) is 0 Å². The van der Waals surface area contributed by atoms with E-state index in [-0.39, 0.29) is 5.91 Å². The van der Waals surface area contributed by atoms with E-state index in [2.05, 4.69) is 5.32 Å². The molecule has 1 saturated carbocycles. The summed E-state index contributed by atoms with van der Waals surface area (Å²) < 4.78 is 0.